The third-order valence-electron chi connectivity index (χ3n) is 3.29. The van der Waals surface area contributed by atoms with Crippen LogP contribution in [0.2, 0.25) is 0 Å². The number of rotatable bonds is 4. The van der Waals surface area contributed by atoms with Gasteiger partial charge in [0.25, 0.3) is 0 Å². The van der Waals surface area contributed by atoms with Crippen molar-refractivity contribution in [2.45, 2.75) is 31.9 Å². The Morgan fingerprint density at radius 3 is 1.89 bits per heavy atom. The highest BCUT2D eigenvalue weighted by atomic mass is 32.1. The molecule has 0 nitrogen and oxygen atoms in total. The van der Waals surface area contributed by atoms with Gasteiger partial charge in [-0.3, -0.25) is 0 Å². The molecule has 1 atom stereocenters. The molecule has 2 aromatic carbocycles. The number of hydrogen-bond acceptors (Lipinski definition) is 1. The molecule has 18 heavy (non-hydrogen) atoms. The predicted molar refractivity (Wildman–Crippen MR) is 82.4 cm³/mol. The Kier molecular flexibility index (Phi) is 4.48. The van der Waals surface area contributed by atoms with Crippen LogP contribution in [0, 0.1) is 13.8 Å². The first-order valence-corrected chi connectivity index (χ1v) is 6.97. The Labute approximate surface area is 115 Å². The van der Waals surface area contributed by atoms with E-state index >= 15 is 0 Å². The van der Waals surface area contributed by atoms with E-state index in [1.807, 2.05) is 0 Å². The molecule has 0 radical (unpaired) electrons. The van der Waals surface area contributed by atoms with Crippen LogP contribution in [0.5, 0.6) is 0 Å². The van der Waals surface area contributed by atoms with Gasteiger partial charge in [0.1, 0.15) is 0 Å². The fraction of sp³-hybridized carbons (Fsp3) is 0.294. The highest BCUT2D eigenvalue weighted by Gasteiger charge is 2.06. The third-order valence-corrected chi connectivity index (χ3v) is 3.85. The minimum Gasteiger partial charge on any atom is -0.171 e. The molecule has 2 rings (SSSR count). The summed E-state index contributed by atoms with van der Waals surface area (Å²) < 4.78 is 0. The molecule has 0 aromatic heterocycles. The lowest BCUT2D eigenvalue weighted by Gasteiger charge is -2.11. The predicted octanol–water partition coefficient (Wildman–Crippen LogP) is 4.91. The van der Waals surface area contributed by atoms with Gasteiger partial charge in [-0.15, -0.1) is 0 Å². The first-order chi connectivity index (χ1) is 8.65. The first kappa shape index (κ1) is 13.2. The second kappa shape index (κ2) is 6.10. The molecule has 0 spiro atoms. The van der Waals surface area contributed by atoms with Gasteiger partial charge in [-0.25, -0.2) is 0 Å². The Morgan fingerprint density at radius 1 is 0.833 bits per heavy atom. The topological polar surface area (TPSA) is 0 Å². The average Bonchev–Trinajstić information content (AvgIpc) is 2.38. The number of thiol groups is 1. The summed E-state index contributed by atoms with van der Waals surface area (Å²) in [6.45, 7) is 4.24. The zero-order valence-electron chi connectivity index (χ0n) is 11.1. The summed E-state index contributed by atoms with van der Waals surface area (Å²) in [7, 11) is 0. The van der Waals surface area contributed by atoms with Gasteiger partial charge in [-0.05, 0) is 37.8 Å². The highest BCUT2D eigenvalue weighted by Crippen LogP contribution is 2.25. The summed E-state index contributed by atoms with van der Waals surface area (Å²) in [6, 6.07) is 17.5. The second-order valence-electron chi connectivity index (χ2n) is 4.95. The van der Waals surface area contributed by atoms with Gasteiger partial charge in [0.15, 0.2) is 0 Å². The summed E-state index contributed by atoms with van der Waals surface area (Å²) in [4.78, 5) is 0. The molecule has 0 aliphatic carbocycles. The molecule has 0 bridgehead atoms. The molecule has 2 aromatic rings. The third kappa shape index (κ3) is 3.64. The van der Waals surface area contributed by atoms with Gasteiger partial charge in [0.2, 0.25) is 0 Å². The lowest BCUT2D eigenvalue weighted by molar-refractivity contribution is 0.806. The molecule has 0 aliphatic heterocycles. The van der Waals surface area contributed by atoms with Gasteiger partial charge in [0, 0.05) is 5.25 Å². The van der Waals surface area contributed by atoms with Crippen molar-refractivity contribution in [2.24, 2.45) is 0 Å². The van der Waals surface area contributed by atoms with Crippen LogP contribution in [0.4, 0.5) is 0 Å². The van der Waals surface area contributed by atoms with E-state index in [-0.39, 0.29) is 0 Å². The van der Waals surface area contributed by atoms with E-state index in [0.29, 0.717) is 5.25 Å². The van der Waals surface area contributed by atoms with Gasteiger partial charge >= 0.3 is 0 Å². The molecule has 0 aliphatic rings. The van der Waals surface area contributed by atoms with Crippen molar-refractivity contribution in [3.05, 3.63) is 70.8 Å². The maximum atomic E-state index is 4.70. The van der Waals surface area contributed by atoms with Crippen LogP contribution in [0.1, 0.15) is 33.9 Å². The molecule has 0 N–H and O–H groups in total. The van der Waals surface area contributed by atoms with Crippen LogP contribution in [-0.2, 0) is 6.42 Å². The molecule has 0 amide bonds. The quantitative estimate of drug-likeness (QED) is 0.738. The lowest BCUT2D eigenvalue weighted by atomic mass is 10.0. The summed E-state index contributed by atoms with van der Waals surface area (Å²) in [6.07, 6.45) is 2.16. The van der Waals surface area contributed by atoms with Crippen LogP contribution in [0.25, 0.3) is 0 Å². The molecule has 0 saturated heterocycles. The fourth-order valence-corrected chi connectivity index (χ4v) is 2.31. The molecule has 94 valence electrons. The highest BCUT2D eigenvalue weighted by molar-refractivity contribution is 7.80. The van der Waals surface area contributed by atoms with Crippen molar-refractivity contribution < 1.29 is 0 Å². The molecular weight excluding hydrogens is 236 g/mol. The van der Waals surface area contributed by atoms with E-state index < -0.39 is 0 Å². The summed E-state index contributed by atoms with van der Waals surface area (Å²) in [5.41, 5.74) is 5.33. The minimum absolute atomic E-state index is 0.326. The zero-order chi connectivity index (χ0) is 13.0. The number of benzene rings is 2. The maximum Gasteiger partial charge on any atom is 0.0270 e. The maximum absolute atomic E-state index is 4.70. The fourth-order valence-electron chi connectivity index (χ4n) is 2.01. The Hall–Kier alpha value is -1.21. The Bertz CT molecular complexity index is 482. The monoisotopic (exact) mass is 256 g/mol. The lowest BCUT2D eigenvalue weighted by Crippen LogP contribution is -1.94. The van der Waals surface area contributed by atoms with E-state index in [4.69, 9.17) is 12.6 Å². The SMILES string of the molecule is Cc1ccc(CCC(S)c2ccc(C)cc2)cc1. The standard InChI is InChI=1S/C17H20S/c1-13-3-7-15(8-4-13)9-12-17(18)16-10-5-14(2)6-11-16/h3-8,10-11,17-18H,9,12H2,1-2H3. The van der Waals surface area contributed by atoms with E-state index in [0.717, 1.165) is 12.8 Å². The largest absolute Gasteiger partial charge is 0.171 e. The molecule has 0 saturated carbocycles. The van der Waals surface area contributed by atoms with Gasteiger partial charge < -0.3 is 0 Å². The van der Waals surface area contributed by atoms with Crippen LogP contribution >= 0.6 is 12.6 Å². The van der Waals surface area contributed by atoms with E-state index in [1.165, 1.54) is 22.3 Å². The number of aryl methyl sites for hydroxylation is 3. The van der Waals surface area contributed by atoms with Crippen LogP contribution in [0.3, 0.4) is 0 Å². The van der Waals surface area contributed by atoms with E-state index in [1.54, 1.807) is 0 Å². The summed E-state index contributed by atoms with van der Waals surface area (Å²) >= 11 is 4.70. The Morgan fingerprint density at radius 2 is 1.33 bits per heavy atom. The van der Waals surface area contributed by atoms with E-state index in [2.05, 4.69) is 62.4 Å². The smallest absolute Gasteiger partial charge is 0.0270 e. The first-order valence-electron chi connectivity index (χ1n) is 6.45. The average molecular weight is 256 g/mol. The molecule has 1 heteroatoms. The molecule has 0 fully saturated rings. The summed E-state index contributed by atoms with van der Waals surface area (Å²) in [5.74, 6) is 0. The van der Waals surface area contributed by atoms with Crippen LogP contribution in [-0.4, -0.2) is 0 Å². The van der Waals surface area contributed by atoms with Gasteiger partial charge in [-0.2, -0.15) is 12.6 Å². The van der Waals surface area contributed by atoms with Crippen molar-refractivity contribution in [2.75, 3.05) is 0 Å². The Balaban J connectivity index is 1.93. The van der Waals surface area contributed by atoms with Gasteiger partial charge in [0.05, 0.1) is 0 Å². The molecule has 0 heterocycles. The van der Waals surface area contributed by atoms with Crippen molar-refractivity contribution in [1.82, 2.24) is 0 Å². The number of hydrogen-bond donors (Lipinski definition) is 1. The van der Waals surface area contributed by atoms with Crippen molar-refractivity contribution >= 4 is 12.6 Å². The normalized spacial score (nSPS) is 12.4. The van der Waals surface area contributed by atoms with Crippen LogP contribution in [0.15, 0.2) is 48.5 Å². The summed E-state index contributed by atoms with van der Waals surface area (Å²) in [5, 5.41) is 0.326. The van der Waals surface area contributed by atoms with Gasteiger partial charge in [-0.1, -0.05) is 59.7 Å². The second-order valence-corrected chi connectivity index (χ2v) is 5.57. The van der Waals surface area contributed by atoms with Crippen LogP contribution < -0.4 is 0 Å². The van der Waals surface area contributed by atoms with Crippen molar-refractivity contribution in [3.8, 4) is 0 Å². The molecular formula is C17H20S. The zero-order valence-corrected chi connectivity index (χ0v) is 12.0. The van der Waals surface area contributed by atoms with E-state index in [9.17, 15) is 0 Å². The van der Waals surface area contributed by atoms with Crippen molar-refractivity contribution in [3.63, 3.8) is 0 Å². The van der Waals surface area contributed by atoms with Crippen molar-refractivity contribution in [1.29, 1.82) is 0 Å². The minimum atomic E-state index is 0.326. The molecule has 1 unspecified atom stereocenters.